The van der Waals surface area contributed by atoms with Crippen LogP contribution < -0.4 is 10.6 Å². The third-order valence-electron chi connectivity index (χ3n) is 4.67. The molecule has 0 aliphatic carbocycles. The van der Waals surface area contributed by atoms with Gasteiger partial charge in [0.25, 0.3) is 0 Å². The van der Waals surface area contributed by atoms with Crippen LogP contribution in [0.15, 0.2) is 24.4 Å². The average Bonchev–Trinajstić information content (AvgIpc) is 2.59. The minimum Gasteiger partial charge on any atom is -0.378 e. The van der Waals surface area contributed by atoms with E-state index in [9.17, 15) is 4.79 Å². The molecule has 1 aromatic heterocycles. The molecule has 6 nitrogen and oxygen atoms in total. The molecule has 2 N–H and O–H groups in total. The molecule has 23 heavy (non-hydrogen) atoms. The third kappa shape index (κ3) is 4.50. The molecule has 0 radical (unpaired) electrons. The van der Waals surface area contributed by atoms with Gasteiger partial charge in [-0.3, -0.25) is 14.7 Å². The van der Waals surface area contributed by atoms with Gasteiger partial charge in [-0.25, -0.2) is 0 Å². The Morgan fingerprint density at radius 2 is 2.43 bits per heavy atom. The number of nitrogens with one attached hydrogen (secondary N) is 2. The van der Waals surface area contributed by atoms with Crippen LogP contribution in [0.1, 0.15) is 19.0 Å². The maximum absolute atomic E-state index is 12.3. The van der Waals surface area contributed by atoms with Gasteiger partial charge in [-0.2, -0.15) is 0 Å². The Morgan fingerprint density at radius 1 is 1.52 bits per heavy atom. The fraction of sp³-hybridized carbons (Fsp3) is 0.647. The van der Waals surface area contributed by atoms with E-state index in [1.807, 2.05) is 18.3 Å². The number of ether oxygens (including phenoxy) is 1. The van der Waals surface area contributed by atoms with Crippen LogP contribution in [0.5, 0.6) is 0 Å². The first-order valence-corrected chi connectivity index (χ1v) is 8.46. The van der Waals surface area contributed by atoms with E-state index < -0.39 is 0 Å². The van der Waals surface area contributed by atoms with Gasteiger partial charge in [-0.05, 0) is 24.5 Å². The van der Waals surface area contributed by atoms with Gasteiger partial charge in [0.1, 0.15) is 6.04 Å². The first-order valence-electron chi connectivity index (χ1n) is 8.46. The van der Waals surface area contributed by atoms with E-state index in [0.29, 0.717) is 19.1 Å². The molecule has 6 heteroatoms. The number of carbonyl (C=O) groups is 1. The summed E-state index contributed by atoms with van der Waals surface area (Å²) in [7, 11) is 0. The lowest BCUT2D eigenvalue weighted by atomic mass is 9.93. The lowest BCUT2D eigenvalue weighted by Gasteiger charge is -2.38. The second-order valence-corrected chi connectivity index (χ2v) is 6.52. The molecule has 3 rings (SSSR count). The van der Waals surface area contributed by atoms with Crippen LogP contribution in [-0.2, 0) is 16.1 Å². The number of nitrogens with zero attached hydrogens (tertiary/aromatic N) is 2. The van der Waals surface area contributed by atoms with Crippen molar-refractivity contribution in [3.63, 3.8) is 0 Å². The molecule has 126 valence electrons. The van der Waals surface area contributed by atoms with Crippen molar-refractivity contribution >= 4 is 5.91 Å². The quantitative estimate of drug-likeness (QED) is 0.841. The molecule has 3 atom stereocenters. The summed E-state index contributed by atoms with van der Waals surface area (Å²) in [5.41, 5.74) is 1.10. The molecule has 3 heterocycles. The third-order valence-corrected chi connectivity index (χ3v) is 4.67. The van der Waals surface area contributed by atoms with E-state index in [4.69, 9.17) is 4.74 Å². The summed E-state index contributed by atoms with van der Waals surface area (Å²) in [6.07, 6.45) is 2.82. The van der Waals surface area contributed by atoms with Gasteiger partial charge in [-0.1, -0.05) is 13.0 Å². The topological polar surface area (TPSA) is 66.5 Å². The van der Waals surface area contributed by atoms with Crippen LogP contribution in [0.25, 0.3) is 0 Å². The van der Waals surface area contributed by atoms with Gasteiger partial charge in [0, 0.05) is 38.4 Å². The maximum atomic E-state index is 12.3. The van der Waals surface area contributed by atoms with E-state index >= 15 is 0 Å². The fourth-order valence-electron chi connectivity index (χ4n) is 3.33. The number of morpholine rings is 1. The highest BCUT2D eigenvalue weighted by Crippen LogP contribution is 2.18. The fourth-order valence-corrected chi connectivity index (χ4v) is 3.33. The summed E-state index contributed by atoms with van der Waals surface area (Å²) >= 11 is 0. The molecule has 2 aliphatic rings. The zero-order chi connectivity index (χ0) is 16.1. The van der Waals surface area contributed by atoms with E-state index in [1.54, 1.807) is 0 Å². The number of carbonyl (C=O) groups excluding carboxylic acids is 1. The molecule has 0 saturated carbocycles. The molecule has 0 unspecified atom stereocenters. The Hall–Kier alpha value is -1.50. The summed E-state index contributed by atoms with van der Waals surface area (Å²) in [4.78, 5) is 19.1. The number of likely N-dealkylation sites (tertiary alicyclic amines) is 1. The maximum Gasteiger partial charge on any atom is 0.239 e. The molecule has 2 saturated heterocycles. The van der Waals surface area contributed by atoms with Crippen molar-refractivity contribution in [2.75, 3.05) is 32.8 Å². The molecule has 0 aromatic carbocycles. The van der Waals surface area contributed by atoms with Gasteiger partial charge in [0.15, 0.2) is 0 Å². The Labute approximate surface area is 137 Å². The van der Waals surface area contributed by atoms with Crippen molar-refractivity contribution in [2.45, 2.75) is 32.0 Å². The Morgan fingerprint density at radius 3 is 3.13 bits per heavy atom. The molecular weight excluding hydrogens is 292 g/mol. The largest absolute Gasteiger partial charge is 0.378 e. The highest BCUT2D eigenvalue weighted by atomic mass is 16.5. The molecule has 2 aliphatic heterocycles. The highest BCUT2D eigenvalue weighted by molar-refractivity contribution is 5.82. The van der Waals surface area contributed by atoms with Crippen LogP contribution in [-0.4, -0.2) is 60.7 Å². The molecule has 2 fully saturated rings. The monoisotopic (exact) mass is 318 g/mol. The Balaban J connectivity index is 1.47. The van der Waals surface area contributed by atoms with E-state index in [0.717, 1.165) is 38.3 Å². The molecule has 0 bridgehead atoms. The molecule has 1 aromatic rings. The van der Waals surface area contributed by atoms with Crippen LogP contribution in [0.2, 0.25) is 0 Å². The minimum atomic E-state index is -0.206. The van der Waals surface area contributed by atoms with Crippen molar-refractivity contribution in [1.29, 1.82) is 0 Å². The number of rotatable bonds is 4. The number of piperidine rings is 1. The standard InChI is InChI=1S/C17H26N4O2/c1-13-10-21(11-14-4-2-3-6-18-14)8-5-15(13)20-17(22)16-12-23-9-7-19-16/h2-4,6,13,15-16,19H,5,7-12H2,1H3,(H,20,22)/t13-,15+,16+/m1/s1. The number of aromatic nitrogens is 1. The summed E-state index contributed by atoms with van der Waals surface area (Å²) < 4.78 is 5.36. The molecule has 1 amide bonds. The van der Waals surface area contributed by atoms with Crippen molar-refractivity contribution in [2.24, 2.45) is 5.92 Å². The number of hydrogen-bond acceptors (Lipinski definition) is 5. The zero-order valence-corrected chi connectivity index (χ0v) is 13.7. The second kappa shape index (κ2) is 7.86. The smallest absolute Gasteiger partial charge is 0.239 e. The minimum absolute atomic E-state index is 0.0692. The van der Waals surface area contributed by atoms with Crippen LogP contribution in [0, 0.1) is 5.92 Å². The lowest BCUT2D eigenvalue weighted by Crippen LogP contribution is -2.56. The van der Waals surface area contributed by atoms with Gasteiger partial charge in [0.05, 0.1) is 18.9 Å². The zero-order valence-electron chi connectivity index (χ0n) is 13.7. The van der Waals surface area contributed by atoms with Crippen molar-refractivity contribution in [3.05, 3.63) is 30.1 Å². The van der Waals surface area contributed by atoms with Crippen molar-refractivity contribution < 1.29 is 9.53 Å². The molecule has 0 spiro atoms. The van der Waals surface area contributed by atoms with Crippen molar-refractivity contribution in [3.8, 4) is 0 Å². The summed E-state index contributed by atoms with van der Waals surface area (Å²) in [6, 6.07) is 6.07. The van der Waals surface area contributed by atoms with Gasteiger partial charge in [-0.15, -0.1) is 0 Å². The van der Waals surface area contributed by atoms with Gasteiger partial charge in [0.2, 0.25) is 5.91 Å². The van der Waals surface area contributed by atoms with Gasteiger partial charge >= 0.3 is 0 Å². The lowest BCUT2D eigenvalue weighted by molar-refractivity contribution is -0.127. The normalized spacial score (nSPS) is 29.2. The average molecular weight is 318 g/mol. The SMILES string of the molecule is C[C@@H]1CN(Cc2ccccn2)CC[C@@H]1NC(=O)[C@@H]1COCCN1. The second-order valence-electron chi connectivity index (χ2n) is 6.52. The van der Waals surface area contributed by atoms with E-state index in [-0.39, 0.29) is 18.0 Å². The van der Waals surface area contributed by atoms with Gasteiger partial charge < -0.3 is 15.4 Å². The Kier molecular flexibility index (Phi) is 5.59. The van der Waals surface area contributed by atoms with Crippen LogP contribution in [0.4, 0.5) is 0 Å². The number of hydrogen-bond donors (Lipinski definition) is 2. The van der Waals surface area contributed by atoms with Crippen LogP contribution >= 0.6 is 0 Å². The van der Waals surface area contributed by atoms with E-state index in [1.165, 1.54) is 0 Å². The highest BCUT2D eigenvalue weighted by Gasteiger charge is 2.30. The van der Waals surface area contributed by atoms with Crippen molar-refractivity contribution in [1.82, 2.24) is 20.5 Å². The first-order chi connectivity index (χ1) is 11.2. The molecular formula is C17H26N4O2. The number of pyridine rings is 1. The summed E-state index contributed by atoms with van der Waals surface area (Å²) in [6.45, 7) is 6.96. The number of amides is 1. The summed E-state index contributed by atoms with van der Waals surface area (Å²) in [5, 5.41) is 6.41. The predicted octanol–water partition coefficient (Wildman–Crippen LogP) is 0.397. The van der Waals surface area contributed by atoms with E-state index in [2.05, 4.69) is 33.5 Å². The summed E-state index contributed by atoms with van der Waals surface area (Å²) in [5.74, 6) is 0.501. The van der Waals surface area contributed by atoms with Crippen LogP contribution in [0.3, 0.4) is 0 Å². The Bertz CT molecular complexity index is 505. The first kappa shape index (κ1) is 16.4. The predicted molar refractivity (Wildman–Crippen MR) is 87.8 cm³/mol.